The van der Waals surface area contributed by atoms with Crippen LogP contribution in [0.4, 0.5) is 4.39 Å². The molecule has 0 saturated carbocycles. The molecule has 3 heterocycles. The predicted molar refractivity (Wildman–Crippen MR) is 90.2 cm³/mol. The summed E-state index contributed by atoms with van der Waals surface area (Å²) in [5.41, 5.74) is 2.20. The van der Waals surface area contributed by atoms with Gasteiger partial charge in [0.25, 0.3) is 5.56 Å². The van der Waals surface area contributed by atoms with E-state index in [0.29, 0.717) is 16.0 Å². The maximum atomic E-state index is 13.2. The molecule has 0 aliphatic carbocycles. The van der Waals surface area contributed by atoms with E-state index >= 15 is 0 Å². The van der Waals surface area contributed by atoms with E-state index in [1.54, 1.807) is 18.3 Å². The summed E-state index contributed by atoms with van der Waals surface area (Å²) < 4.78 is 13.2. The quantitative estimate of drug-likeness (QED) is 0.583. The third kappa shape index (κ3) is 2.27. The second kappa shape index (κ2) is 5.17. The molecule has 4 nitrogen and oxygen atoms in total. The van der Waals surface area contributed by atoms with Crippen molar-refractivity contribution in [1.29, 1.82) is 0 Å². The molecule has 0 radical (unpaired) electrons. The van der Waals surface area contributed by atoms with Crippen molar-refractivity contribution in [3.63, 3.8) is 0 Å². The van der Waals surface area contributed by atoms with Gasteiger partial charge in [-0.15, -0.1) is 11.3 Å². The molecule has 0 aliphatic rings. The van der Waals surface area contributed by atoms with Crippen molar-refractivity contribution in [2.24, 2.45) is 0 Å². The maximum Gasteiger partial charge on any atom is 0.260 e. The summed E-state index contributed by atoms with van der Waals surface area (Å²) in [6.07, 6.45) is 1.78. The van der Waals surface area contributed by atoms with Crippen LogP contribution in [0.5, 0.6) is 0 Å². The number of aromatic amines is 2. The number of nitrogens with zero attached hydrogens (tertiary/aromatic N) is 1. The van der Waals surface area contributed by atoms with Crippen LogP contribution in [0.15, 0.2) is 47.4 Å². The third-order valence-electron chi connectivity index (χ3n) is 3.72. The van der Waals surface area contributed by atoms with Crippen LogP contribution in [-0.2, 0) is 0 Å². The first kappa shape index (κ1) is 13.9. The van der Waals surface area contributed by atoms with Gasteiger partial charge in [-0.3, -0.25) is 4.79 Å². The van der Waals surface area contributed by atoms with E-state index in [1.807, 2.05) is 19.1 Å². The van der Waals surface area contributed by atoms with Gasteiger partial charge in [-0.1, -0.05) is 12.1 Å². The number of H-pyrrole nitrogens is 2. The molecule has 23 heavy (non-hydrogen) atoms. The number of rotatable bonds is 2. The Labute approximate surface area is 134 Å². The fourth-order valence-electron chi connectivity index (χ4n) is 2.69. The minimum atomic E-state index is -0.299. The molecule has 4 aromatic rings. The van der Waals surface area contributed by atoms with Crippen molar-refractivity contribution in [3.8, 4) is 22.6 Å². The molecule has 0 bridgehead atoms. The minimum Gasteiger partial charge on any atom is -0.359 e. The highest BCUT2D eigenvalue weighted by atomic mass is 32.1. The van der Waals surface area contributed by atoms with E-state index in [0.717, 1.165) is 21.7 Å². The van der Waals surface area contributed by atoms with Crippen molar-refractivity contribution in [2.75, 3.05) is 0 Å². The Balaban J connectivity index is 1.98. The molecule has 0 spiro atoms. The third-order valence-corrected chi connectivity index (χ3v) is 4.72. The molecule has 1 aromatic carbocycles. The fraction of sp³-hybridized carbons (Fsp3) is 0.0588. The number of halogens is 1. The molecular formula is C17H12FN3OS. The molecule has 114 valence electrons. The lowest BCUT2D eigenvalue weighted by molar-refractivity contribution is 0.628. The van der Waals surface area contributed by atoms with Crippen molar-refractivity contribution < 1.29 is 4.39 Å². The summed E-state index contributed by atoms with van der Waals surface area (Å²) >= 11 is 1.46. The molecule has 0 unspecified atom stereocenters. The molecule has 0 saturated heterocycles. The number of aryl methyl sites for hydroxylation is 1. The van der Waals surface area contributed by atoms with Crippen LogP contribution in [0.1, 0.15) is 4.88 Å². The molecule has 0 aliphatic heterocycles. The first-order chi connectivity index (χ1) is 11.1. The highest BCUT2D eigenvalue weighted by Crippen LogP contribution is 2.36. The number of fused-ring (bicyclic) bond motifs is 1. The molecule has 0 atom stereocenters. The Kier molecular flexibility index (Phi) is 3.12. The molecule has 4 rings (SSSR count). The lowest BCUT2D eigenvalue weighted by atomic mass is 10.0. The molecule has 2 N–H and O–H groups in total. The van der Waals surface area contributed by atoms with Crippen LogP contribution < -0.4 is 5.56 Å². The topological polar surface area (TPSA) is 61.5 Å². The van der Waals surface area contributed by atoms with E-state index in [-0.39, 0.29) is 11.4 Å². The summed E-state index contributed by atoms with van der Waals surface area (Å²) in [5.74, 6) is 0.214. The van der Waals surface area contributed by atoms with Crippen LogP contribution in [0.2, 0.25) is 0 Å². The Morgan fingerprint density at radius 2 is 1.96 bits per heavy atom. The van der Waals surface area contributed by atoms with E-state index in [2.05, 4.69) is 15.0 Å². The highest BCUT2D eigenvalue weighted by molar-refractivity contribution is 7.19. The summed E-state index contributed by atoms with van der Waals surface area (Å²) in [5, 5.41) is 0.550. The molecular weight excluding hydrogens is 313 g/mol. The number of hydrogen-bond donors (Lipinski definition) is 2. The highest BCUT2D eigenvalue weighted by Gasteiger charge is 2.17. The van der Waals surface area contributed by atoms with Gasteiger partial charge in [-0.05, 0) is 36.8 Å². The molecule has 0 amide bonds. The maximum absolute atomic E-state index is 13.2. The first-order valence-electron chi connectivity index (χ1n) is 7.06. The van der Waals surface area contributed by atoms with Gasteiger partial charge in [0, 0.05) is 16.6 Å². The van der Waals surface area contributed by atoms with Gasteiger partial charge < -0.3 is 9.97 Å². The van der Waals surface area contributed by atoms with Gasteiger partial charge in [0.15, 0.2) is 5.82 Å². The first-order valence-corrected chi connectivity index (χ1v) is 7.88. The Bertz CT molecular complexity index is 1050. The van der Waals surface area contributed by atoms with Gasteiger partial charge in [-0.25, -0.2) is 9.37 Å². The van der Waals surface area contributed by atoms with E-state index < -0.39 is 0 Å². The van der Waals surface area contributed by atoms with Gasteiger partial charge in [-0.2, -0.15) is 0 Å². The molecule has 0 fully saturated rings. The zero-order valence-electron chi connectivity index (χ0n) is 12.2. The summed E-state index contributed by atoms with van der Waals surface area (Å²) in [4.78, 5) is 24.7. The standard InChI is InChI=1S/C17H12FN3OS/c1-9-13(10-4-6-11(18)7-5-10)14-16(22)20-15(21-17(14)23-9)12-3-2-8-19-12/h2-8,19H,1H3,(H,20,21,22). The average molecular weight is 325 g/mol. The fourth-order valence-corrected chi connectivity index (χ4v) is 3.73. The van der Waals surface area contributed by atoms with E-state index in [4.69, 9.17) is 0 Å². The summed E-state index contributed by atoms with van der Waals surface area (Å²) in [6.45, 7) is 1.94. The minimum absolute atomic E-state index is 0.191. The normalized spacial score (nSPS) is 11.2. The van der Waals surface area contributed by atoms with Crippen LogP contribution in [0, 0.1) is 12.7 Å². The number of benzene rings is 1. The number of nitrogens with one attached hydrogen (secondary N) is 2. The van der Waals surface area contributed by atoms with Crippen LogP contribution in [0.3, 0.4) is 0 Å². The lowest BCUT2D eigenvalue weighted by Crippen LogP contribution is -2.09. The largest absolute Gasteiger partial charge is 0.359 e. The summed E-state index contributed by atoms with van der Waals surface area (Å²) in [6, 6.07) is 9.86. The van der Waals surface area contributed by atoms with Crippen molar-refractivity contribution in [1.82, 2.24) is 15.0 Å². The number of hydrogen-bond acceptors (Lipinski definition) is 3. The van der Waals surface area contributed by atoms with Crippen LogP contribution in [0.25, 0.3) is 32.9 Å². The zero-order chi connectivity index (χ0) is 16.0. The van der Waals surface area contributed by atoms with Crippen molar-refractivity contribution >= 4 is 21.6 Å². The number of aromatic nitrogens is 3. The van der Waals surface area contributed by atoms with E-state index in [9.17, 15) is 9.18 Å². The smallest absolute Gasteiger partial charge is 0.260 e. The average Bonchev–Trinajstić information content (AvgIpc) is 3.15. The van der Waals surface area contributed by atoms with E-state index in [1.165, 1.54) is 23.5 Å². The SMILES string of the molecule is Cc1sc2nc(-c3ccc[nH]3)[nH]c(=O)c2c1-c1ccc(F)cc1. The Morgan fingerprint density at radius 3 is 2.65 bits per heavy atom. The Hall–Kier alpha value is -2.73. The number of thiophene rings is 1. The predicted octanol–water partition coefficient (Wildman–Crippen LogP) is 4.09. The van der Waals surface area contributed by atoms with Gasteiger partial charge in [0.2, 0.25) is 0 Å². The lowest BCUT2D eigenvalue weighted by Gasteiger charge is -2.02. The van der Waals surface area contributed by atoms with Crippen LogP contribution in [-0.4, -0.2) is 15.0 Å². The zero-order valence-corrected chi connectivity index (χ0v) is 13.0. The van der Waals surface area contributed by atoms with Gasteiger partial charge in [0.1, 0.15) is 10.6 Å². The summed E-state index contributed by atoms with van der Waals surface area (Å²) in [7, 11) is 0. The monoisotopic (exact) mass is 325 g/mol. The Morgan fingerprint density at radius 1 is 1.17 bits per heavy atom. The van der Waals surface area contributed by atoms with Gasteiger partial charge in [0.05, 0.1) is 11.1 Å². The van der Waals surface area contributed by atoms with Crippen molar-refractivity contribution in [3.05, 3.63) is 63.6 Å². The van der Waals surface area contributed by atoms with Crippen LogP contribution >= 0.6 is 11.3 Å². The molecule has 3 aromatic heterocycles. The second-order valence-electron chi connectivity index (χ2n) is 5.22. The molecule has 6 heteroatoms. The van der Waals surface area contributed by atoms with Crippen molar-refractivity contribution in [2.45, 2.75) is 6.92 Å². The second-order valence-corrected chi connectivity index (χ2v) is 6.42. The van der Waals surface area contributed by atoms with Gasteiger partial charge >= 0.3 is 0 Å².